The van der Waals surface area contributed by atoms with Gasteiger partial charge in [0.1, 0.15) is 5.75 Å². The van der Waals surface area contributed by atoms with Crippen LogP contribution in [-0.4, -0.2) is 46.5 Å². The molecule has 2 fully saturated rings. The van der Waals surface area contributed by atoms with E-state index in [1.807, 2.05) is 19.1 Å². The molecule has 0 bridgehead atoms. The van der Waals surface area contributed by atoms with Crippen molar-refractivity contribution < 1.29 is 19.0 Å². The van der Waals surface area contributed by atoms with E-state index in [2.05, 4.69) is 9.88 Å². The Labute approximate surface area is 157 Å². The topological polar surface area (TPSA) is 62.7 Å². The summed E-state index contributed by atoms with van der Waals surface area (Å²) in [5.41, 5.74) is 1.27. The lowest BCUT2D eigenvalue weighted by molar-refractivity contribution is 0.0936. The second kappa shape index (κ2) is 7.27. The van der Waals surface area contributed by atoms with Crippen LogP contribution in [0.15, 0.2) is 36.5 Å². The van der Waals surface area contributed by atoms with Crippen LogP contribution in [0.3, 0.4) is 0 Å². The number of likely N-dealkylation sites (tertiary alicyclic amines) is 1. The Bertz CT molecular complexity index is 826. The van der Waals surface area contributed by atoms with E-state index in [0.29, 0.717) is 17.4 Å². The van der Waals surface area contributed by atoms with Crippen molar-refractivity contribution in [3.8, 4) is 11.5 Å². The summed E-state index contributed by atoms with van der Waals surface area (Å²) in [6.45, 7) is 3.96. The molecule has 1 aromatic heterocycles. The normalized spacial score (nSPS) is 24.7. The zero-order valence-corrected chi connectivity index (χ0v) is 15.3. The third-order valence-electron chi connectivity index (χ3n) is 5.61. The largest absolute Gasteiger partial charge is 0.505 e. The lowest BCUT2D eigenvalue weighted by Gasteiger charge is -2.19. The van der Waals surface area contributed by atoms with Crippen LogP contribution in [0.1, 0.15) is 28.9 Å². The van der Waals surface area contributed by atoms with Crippen LogP contribution in [0.4, 0.5) is 4.39 Å². The first-order valence-electron chi connectivity index (χ1n) is 9.31. The molecule has 4 rings (SSSR count). The van der Waals surface area contributed by atoms with Crippen LogP contribution in [0.2, 0.25) is 0 Å². The highest BCUT2D eigenvalue weighted by Crippen LogP contribution is 2.39. The van der Waals surface area contributed by atoms with Crippen molar-refractivity contribution >= 4 is 5.78 Å². The van der Waals surface area contributed by atoms with Gasteiger partial charge in [-0.15, -0.1) is 0 Å². The predicted octanol–water partition coefficient (Wildman–Crippen LogP) is 3.21. The number of halogens is 1. The number of ether oxygens (including phenoxy) is 1. The number of ketones is 1. The maximum atomic E-state index is 13.5. The summed E-state index contributed by atoms with van der Waals surface area (Å²) in [6.07, 6.45) is 3.94. The van der Waals surface area contributed by atoms with Gasteiger partial charge < -0.3 is 9.84 Å². The fourth-order valence-electron chi connectivity index (χ4n) is 4.26. The van der Waals surface area contributed by atoms with Gasteiger partial charge in [-0.25, -0.2) is 4.39 Å². The molecule has 5 nitrogen and oxygen atoms in total. The molecule has 0 radical (unpaired) electrons. The molecule has 1 N–H and O–H groups in total. The molecule has 142 valence electrons. The molecule has 0 spiro atoms. The van der Waals surface area contributed by atoms with Gasteiger partial charge in [0.25, 0.3) is 0 Å². The molecular formula is C21H23FN2O3. The number of nitrogens with zero attached hydrogens (tertiary/aromatic N) is 2. The zero-order chi connectivity index (χ0) is 19.0. The molecule has 6 heteroatoms. The number of phenols is 1. The molecule has 3 atom stereocenters. The molecule has 1 aliphatic carbocycles. The van der Waals surface area contributed by atoms with E-state index in [-0.39, 0.29) is 18.4 Å². The van der Waals surface area contributed by atoms with Gasteiger partial charge in [0.15, 0.2) is 17.3 Å². The Morgan fingerprint density at radius 3 is 2.63 bits per heavy atom. The smallest absolute Gasteiger partial charge is 0.176 e. The molecule has 1 saturated heterocycles. The second-order valence-electron chi connectivity index (χ2n) is 7.65. The molecule has 2 aliphatic rings. The maximum Gasteiger partial charge on any atom is 0.176 e. The average Bonchev–Trinajstić information content (AvgIpc) is 3.17. The predicted molar refractivity (Wildman–Crippen MR) is 98.4 cm³/mol. The number of rotatable bonds is 5. The number of hydrogen-bond acceptors (Lipinski definition) is 5. The summed E-state index contributed by atoms with van der Waals surface area (Å²) in [5, 5.41) is 9.25. The van der Waals surface area contributed by atoms with Crippen LogP contribution in [0.25, 0.3) is 0 Å². The Balaban J connectivity index is 1.30. The minimum atomic E-state index is -0.760. The van der Waals surface area contributed by atoms with E-state index in [9.17, 15) is 14.3 Å². The summed E-state index contributed by atoms with van der Waals surface area (Å²) < 4.78 is 19.5. The Kier molecular flexibility index (Phi) is 4.83. The van der Waals surface area contributed by atoms with Crippen LogP contribution in [-0.2, 0) is 0 Å². The average molecular weight is 370 g/mol. The molecule has 1 aliphatic heterocycles. The number of aryl methyl sites for hydroxylation is 1. The van der Waals surface area contributed by atoms with Gasteiger partial charge in [-0.3, -0.25) is 14.7 Å². The van der Waals surface area contributed by atoms with Gasteiger partial charge in [-0.1, -0.05) is 0 Å². The highest BCUT2D eigenvalue weighted by Gasteiger charge is 2.42. The number of hydrogen-bond donors (Lipinski definition) is 1. The number of pyridine rings is 1. The second-order valence-corrected chi connectivity index (χ2v) is 7.65. The number of phenolic OH excluding ortho intramolecular Hbond substituents is 1. The molecule has 2 aromatic rings. The van der Waals surface area contributed by atoms with E-state index >= 15 is 0 Å². The lowest BCUT2D eigenvalue weighted by Crippen LogP contribution is -2.30. The third-order valence-corrected chi connectivity index (χ3v) is 5.61. The molecular weight excluding hydrogens is 347 g/mol. The van der Waals surface area contributed by atoms with Crippen molar-refractivity contribution in [1.29, 1.82) is 0 Å². The van der Waals surface area contributed by atoms with Crippen LogP contribution in [0.5, 0.6) is 11.5 Å². The fraction of sp³-hybridized carbons (Fsp3) is 0.429. The summed E-state index contributed by atoms with van der Waals surface area (Å²) >= 11 is 0. The zero-order valence-electron chi connectivity index (χ0n) is 15.3. The standard InChI is InChI=1S/C21H23FN2O3/c1-13-2-4-17(9-23-13)27-18-6-15-10-24(11-16(15)7-18)12-21(26)14-3-5-20(25)19(22)8-14/h2-5,8-9,15-16,18,25H,6-7,10-12H2,1H3/t15-,16+,18+. The number of Topliss-reactive ketones (excluding diaryl/α,β-unsaturated/α-hetero) is 1. The first-order chi connectivity index (χ1) is 13.0. The maximum absolute atomic E-state index is 13.5. The molecule has 1 aromatic carbocycles. The van der Waals surface area contributed by atoms with Crippen molar-refractivity contribution in [2.75, 3.05) is 19.6 Å². The molecule has 0 amide bonds. The van der Waals surface area contributed by atoms with E-state index in [1.165, 1.54) is 12.1 Å². The van der Waals surface area contributed by atoms with Crippen molar-refractivity contribution in [2.24, 2.45) is 11.8 Å². The minimum absolute atomic E-state index is 0.118. The summed E-state index contributed by atoms with van der Waals surface area (Å²) in [6, 6.07) is 7.71. The highest BCUT2D eigenvalue weighted by atomic mass is 19.1. The van der Waals surface area contributed by atoms with Crippen LogP contribution < -0.4 is 4.74 Å². The lowest BCUT2D eigenvalue weighted by atomic mass is 10.0. The minimum Gasteiger partial charge on any atom is -0.505 e. The highest BCUT2D eigenvalue weighted by molar-refractivity contribution is 5.97. The third kappa shape index (κ3) is 3.95. The number of aromatic nitrogens is 1. The van der Waals surface area contributed by atoms with Gasteiger partial charge in [-0.2, -0.15) is 0 Å². The van der Waals surface area contributed by atoms with Gasteiger partial charge in [-0.05, 0) is 61.9 Å². The van der Waals surface area contributed by atoms with Crippen LogP contribution in [0, 0.1) is 24.6 Å². The summed E-state index contributed by atoms with van der Waals surface area (Å²) in [7, 11) is 0. The number of fused-ring (bicyclic) bond motifs is 1. The fourth-order valence-corrected chi connectivity index (χ4v) is 4.26. The van der Waals surface area contributed by atoms with Crippen LogP contribution >= 0.6 is 0 Å². The Morgan fingerprint density at radius 2 is 2.00 bits per heavy atom. The quantitative estimate of drug-likeness (QED) is 0.819. The van der Waals surface area contributed by atoms with E-state index in [1.54, 1.807) is 6.20 Å². The number of aromatic hydroxyl groups is 1. The number of carbonyl (C=O) groups is 1. The van der Waals surface area contributed by atoms with E-state index in [4.69, 9.17) is 4.74 Å². The monoisotopic (exact) mass is 370 g/mol. The Hall–Kier alpha value is -2.47. The molecule has 2 heterocycles. The molecule has 27 heavy (non-hydrogen) atoms. The van der Waals surface area contributed by atoms with Crippen molar-refractivity contribution in [2.45, 2.75) is 25.9 Å². The van der Waals surface area contributed by atoms with Gasteiger partial charge >= 0.3 is 0 Å². The molecule has 1 saturated carbocycles. The van der Waals surface area contributed by atoms with E-state index in [0.717, 1.165) is 43.4 Å². The van der Waals surface area contributed by atoms with Gasteiger partial charge in [0, 0.05) is 24.3 Å². The molecule has 0 unspecified atom stereocenters. The summed E-state index contributed by atoms with van der Waals surface area (Å²) in [4.78, 5) is 18.8. The first kappa shape index (κ1) is 17.9. The number of benzene rings is 1. The Morgan fingerprint density at radius 1 is 1.26 bits per heavy atom. The van der Waals surface area contributed by atoms with E-state index < -0.39 is 11.6 Å². The first-order valence-corrected chi connectivity index (χ1v) is 9.31. The SMILES string of the molecule is Cc1ccc(O[C@H]2C[C@@H]3CN(CC(=O)c4ccc(O)c(F)c4)C[C@@H]3C2)cn1. The van der Waals surface area contributed by atoms with Crippen molar-refractivity contribution in [1.82, 2.24) is 9.88 Å². The van der Waals surface area contributed by atoms with Gasteiger partial charge in [0.2, 0.25) is 0 Å². The van der Waals surface area contributed by atoms with Crippen molar-refractivity contribution in [3.63, 3.8) is 0 Å². The number of carbonyl (C=O) groups excluding carboxylic acids is 1. The van der Waals surface area contributed by atoms with Crippen molar-refractivity contribution in [3.05, 3.63) is 53.6 Å². The summed E-state index contributed by atoms with van der Waals surface area (Å²) in [5.74, 6) is 0.552. The van der Waals surface area contributed by atoms with Gasteiger partial charge in [0.05, 0.1) is 18.8 Å².